The molecule has 1 fully saturated rings. The molecule has 3 N–H and O–H groups in total. The largest absolute Gasteiger partial charge is 0.355 e. The lowest BCUT2D eigenvalue weighted by atomic mass is 9.89. The van der Waals surface area contributed by atoms with Crippen molar-refractivity contribution in [3.05, 3.63) is 35.9 Å². The van der Waals surface area contributed by atoms with Crippen LogP contribution >= 0.6 is 12.4 Å². The summed E-state index contributed by atoms with van der Waals surface area (Å²) >= 11 is 0. The van der Waals surface area contributed by atoms with Crippen molar-refractivity contribution < 1.29 is 4.79 Å². The molecule has 1 saturated heterocycles. The third-order valence-corrected chi connectivity index (χ3v) is 3.79. The minimum atomic E-state index is 0. The van der Waals surface area contributed by atoms with E-state index in [9.17, 15) is 4.79 Å². The minimum absolute atomic E-state index is 0. The van der Waals surface area contributed by atoms with Gasteiger partial charge in [-0.2, -0.15) is 0 Å². The third kappa shape index (κ3) is 4.20. The molecule has 0 bridgehead atoms. The van der Waals surface area contributed by atoms with Crippen molar-refractivity contribution in [1.29, 1.82) is 0 Å². The zero-order chi connectivity index (χ0) is 13.7. The fourth-order valence-electron chi connectivity index (χ4n) is 2.86. The van der Waals surface area contributed by atoms with E-state index < -0.39 is 0 Å². The molecule has 1 aromatic rings. The highest BCUT2D eigenvalue weighted by Gasteiger charge is 2.33. The molecule has 112 valence electrons. The number of carbonyl (C=O) groups excluding carboxylic acids is 1. The maximum atomic E-state index is 11.7. The quantitative estimate of drug-likeness (QED) is 0.859. The molecule has 0 radical (unpaired) electrons. The van der Waals surface area contributed by atoms with Crippen LogP contribution in [-0.2, 0) is 4.79 Å². The second kappa shape index (κ2) is 8.25. The Morgan fingerprint density at radius 2 is 2.05 bits per heavy atom. The summed E-state index contributed by atoms with van der Waals surface area (Å²) in [6, 6.07) is 10.5. The van der Waals surface area contributed by atoms with Gasteiger partial charge in [-0.05, 0) is 24.9 Å². The van der Waals surface area contributed by atoms with E-state index in [1.165, 1.54) is 5.56 Å². The first kappa shape index (κ1) is 17.0. The Balaban J connectivity index is 0.00000200. The summed E-state index contributed by atoms with van der Waals surface area (Å²) in [5.74, 6) is 0.990. The first-order valence-corrected chi connectivity index (χ1v) is 6.98. The van der Waals surface area contributed by atoms with Crippen molar-refractivity contribution >= 4 is 18.3 Å². The minimum Gasteiger partial charge on any atom is -0.355 e. The van der Waals surface area contributed by atoms with Crippen LogP contribution in [0.15, 0.2) is 30.3 Å². The number of hydrogen-bond acceptors (Lipinski definition) is 3. The fourth-order valence-corrected chi connectivity index (χ4v) is 2.86. The van der Waals surface area contributed by atoms with E-state index in [1.807, 2.05) is 13.0 Å². The van der Waals surface area contributed by atoms with Crippen LogP contribution in [0.1, 0.15) is 18.4 Å². The molecule has 0 saturated carbocycles. The Morgan fingerprint density at radius 1 is 1.35 bits per heavy atom. The Labute approximate surface area is 127 Å². The van der Waals surface area contributed by atoms with Gasteiger partial charge < -0.3 is 11.1 Å². The number of nitrogens with zero attached hydrogens (tertiary/aromatic N) is 1. The van der Waals surface area contributed by atoms with Crippen LogP contribution in [0.3, 0.4) is 0 Å². The third-order valence-electron chi connectivity index (χ3n) is 3.79. The first-order chi connectivity index (χ1) is 9.24. The van der Waals surface area contributed by atoms with Crippen molar-refractivity contribution in [1.82, 2.24) is 10.2 Å². The molecule has 0 spiro atoms. The van der Waals surface area contributed by atoms with E-state index in [1.54, 1.807) is 0 Å². The Morgan fingerprint density at radius 3 is 2.65 bits per heavy atom. The molecule has 0 unspecified atom stereocenters. The fraction of sp³-hybridized carbons (Fsp3) is 0.533. The summed E-state index contributed by atoms with van der Waals surface area (Å²) in [6.07, 6.45) is 0. The molecule has 1 amide bonds. The predicted molar refractivity (Wildman–Crippen MR) is 84.1 cm³/mol. The summed E-state index contributed by atoms with van der Waals surface area (Å²) in [7, 11) is 0. The van der Waals surface area contributed by atoms with Gasteiger partial charge in [-0.25, -0.2) is 0 Å². The van der Waals surface area contributed by atoms with E-state index in [4.69, 9.17) is 5.73 Å². The van der Waals surface area contributed by atoms with E-state index in [0.29, 0.717) is 31.5 Å². The zero-order valence-electron chi connectivity index (χ0n) is 11.9. The lowest BCUT2D eigenvalue weighted by Crippen LogP contribution is -2.36. The summed E-state index contributed by atoms with van der Waals surface area (Å²) in [5.41, 5.74) is 7.22. The van der Waals surface area contributed by atoms with Crippen molar-refractivity contribution in [3.63, 3.8) is 0 Å². The highest BCUT2D eigenvalue weighted by molar-refractivity contribution is 5.85. The molecule has 1 heterocycles. The number of likely N-dealkylation sites (tertiary alicyclic amines) is 1. The smallest absolute Gasteiger partial charge is 0.234 e. The Kier molecular flexibility index (Phi) is 6.99. The van der Waals surface area contributed by atoms with Gasteiger partial charge >= 0.3 is 0 Å². The van der Waals surface area contributed by atoms with E-state index in [-0.39, 0.29) is 18.3 Å². The van der Waals surface area contributed by atoms with Crippen LogP contribution in [0.2, 0.25) is 0 Å². The average molecular weight is 298 g/mol. The van der Waals surface area contributed by atoms with Crippen LogP contribution in [0.25, 0.3) is 0 Å². The number of hydrogen-bond donors (Lipinski definition) is 2. The standard InChI is InChI=1S/C15H23N3O.ClH/c1-2-17-15(19)11-18-9-13(8-16)14(10-18)12-6-4-3-5-7-12;/h3-7,13-14H,2,8-11,16H2,1H3,(H,17,19);1H/t13-,14+;/m1./s1. The van der Waals surface area contributed by atoms with Crippen molar-refractivity contribution in [3.8, 4) is 0 Å². The highest BCUT2D eigenvalue weighted by atomic mass is 35.5. The van der Waals surface area contributed by atoms with E-state index >= 15 is 0 Å². The van der Waals surface area contributed by atoms with Gasteiger partial charge in [-0.15, -0.1) is 12.4 Å². The topological polar surface area (TPSA) is 58.4 Å². The molecule has 1 aliphatic heterocycles. The van der Waals surface area contributed by atoms with Gasteiger partial charge in [0.05, 0.1) is 6.54 Å². The molecule has 1 aliphatic rings. The van der Waals surface area contributed by atoms with Gasteiger partial charge in [0.15, 0.2) is 0 Å². The molecule has 2 atom stereocenters. The number of amides is 1. The lowest BCUT2D eigenvalue weighted by molar-refractivity contribution is -0.121. The van der Waals surface area contributed by atoms with Crippen molar-refractivity contribution in [2.45, 2.75) is 12.8 Å². The Bertz CT molecular complexity index is 413. The highest BCUT2D eigenvalue weighted by Crippen LogP contribution is 2.31. The first-order valence-electron chi connectivity index (χ1n) is 6.98. The molecular weight excluding hydrogens is 274 g/mol. The van der Waals surface area contributed by atoms with E-state index in [2.05, 4.69) is 34.5 Å². The predicted octanol–water partition coefficient (Wildman–Crippen LogP) is 1.22. The van der Waals surface area contributed by atoms with Crippen LogP contribution in [0.4, 0.5) is 0 Å². The normalized spacial score (nSPS) is 22.3. The summed E-state index contributed by atoms with van der Waals surface area (Å²) in [5, 5.41) is 2.85. The molecule has 5 heteroatoms. The van der Waals surface area contributed by atoms with E-state index in [0.717, 1.165) is 13.1 Å². The molecule has 0 aliphatic carbocycles. The molecule has 2 rings (SSSR count). The van der Waals surface area contributed by atoms with Gasteiger partial charge in [-0.1, -0.05) is 30.3 Å². The SMILES string of the molecule is CCNC(=O)CN1C[C@@H](CN)[C@H](c2ccccc2)C1.Cl. The van der Waals surface area contributed by atoms with Crippen molar-refractivity contribution in [2.75, 3.05) is 32.7 Å². The molecular formula is C15H24ClN3O. The maximum Gasteiger partial charge on any atom is 0.234 e. The number of rotatable bonds is 5. The van der Waals surface area contributed by atoms with Crippen LogP contribution in [-0.4, -0.2) is 43.5 Å². The monoisotopic (exact) mass is 297 g/mol. The number of likely N-dealkylation sites (N-methyl/N-ethyl adjacent to an activating group) is 1. The number of halogens is 1. The average Bonchev–Trinajstić information content (AvgIpc) is 2.83. The van der Waals surface area contributed by atoms with Gasteiger partial charge in [0.25, 0.3) is 0 Å². The lowest BCUT2D eigenvalue weighted by Gasteiger charge is -2.16. The van der Waals surface area contributed by atoms with Gasteiger partial charge in [0.2, 0.25) is 5.91 Å². The second-order valence-corrected chi connectivity index (χ2v) is 5.16. The molecule has 4 nitrogen and oxygen atoms in total. The number of nitrogens with one attached hydrogen (secondary N) is 1. The van der Waals surface area contributed by atoms with Gasteiger partial charge in [0, 0.05) is 25.6 Å². The maximum absolute atomic E-state index is 11.7. The second-order valence-electron chi connectivity index (χ2n) is 5.16. The number of benzene rings is 1. The summed E-state index contributed by atoms with van der Waals surface area (Å²) in [4.78, 5) is 13.9. The summed E-state index contributed by atoms with van der Waals surface area (Å²) in [6.45, 7) is 5.61. The van der Waals surface area contributed by atoms with Gasteiger partial charge in [-0.3, -0.25) is 9.69 Å². The Hall–Kier alpha value is -1.10. The van der Waals surface area contributed by atoms with Crippen LogP contribution < -0.4 is 11.1 Å². The van der Waals surface area contributed by atoms with Crippen LogP contribution in [0.5, 0.6) is 0 Å². The van der Waals surface area contributed by atoms with Crippen molar-refractivity contribution in [2.24, 2.45) is 11.7 Å². The zero-order valence-corrected chi connectivity index (χ0v) is 12.7. The van der Waals surface area contributed by atoms with Gasteiger partial charge in [0.1, 0.15) is 0 Å². The number of carbonyl (C=O) groups is 1. The number of nitrogens with two attached hydrogens (primary N) is 1. The molecule has 20 heavy (non-hydrogen) atoms. The van der Waals surface area contributed by atoms with Crippen LogP contribution in [0, 0.1) is 5.92 Å². The molecule has 0 aromatic heterocycles. The molecule has 1 aromatic carbocycles. The summed E-state index contributed by atoms with van der Waals surface area (Å²) < 4.78 is 0.